The van der Waals surface area contributed by atoms with Gasteiger partial charge >= 0.3 is 0 Å². The molecule has 5 heteroatoms. The minimum Gasteiger partial charge on any atom is -0.466 e. The lowest BCUT2D eigenvalue weighted by atomic mass is 10.0. The molecule has 0 saturated heterocycles. The second-order valence-electron chi connectivity index (χ2n) is 6.47. The molecular formula is C20H23N3O2. The maximum absolute atomic E-state index is 10.5. The van der Waals surface area contributed by atoms with Crippen molar-refractivity contribution >= 4 is 0 Å². The first-order chi connectivity index (χ1) is 12.1. The maximum atomic E-state index is 10.5. The molecule has 0 saturated carbocycles. The molecule has 1 aromatic heterocycles. The molecule has 0 aliphatic heterocycles. The second-order valence-corrected chi connectivity index (χ2v) is 6.47. The van der Waals surface area contributed by atoms with Crippen molar-refractivity contribution in [3.63, 3.8) is 0 Å². The van der Waals surface area contributed by atoms with E-state index in [4.69, 9.17) is 4.74 Å². The Bertz CT molecular complexity index is 755. The summed E-state index contributed by atoms with van der Waals surface area (Å²) in [6.07, 6.45) is 2.35. The third-order valence-electron chi connectivity index (χ3n) is 3.96. The number of hydrogen-bond donors (Lipinski definition) is 1. The first kappa shape index (κ1) is 17.2. The summed E-state index contributed by atoms with van der Waals surface area (Å²) < 4.78 is 7.58. The number of benzene rings is 2. The fourth-order valence-electron chi connectivity index (χ4n) is 2.75. The molecule has 0 bridgehead atoms. The molecule has 0 aliphatic rings. The van der Waals surface area contributed by atoms with E-state index in [1.54, 1.807) is 11.0 Å². The number of hydrogen-bond acceptors (Lipinski definition) is 4. The van der Waals surface area contributed by atoms with E-state index in [-0.39, 0.29) is 0 Å². The van der Waals surface area contributed by atoms with E-state index >= 15 is 0 Å². The van der Waals surface area contributed by atoms with Crippen LogP contribution in [0.15, 0.2) is 67.3 Å². The molecule has 0 radical (unpaired) electrons. The van der Waals surface area contributed by atoms with Gasteiger partial charge < -0.3 is 9.84 Å². The number of ether oxygens (including phenoxy) is 1. The molecular weight excluding hydrogens is 314 g/mol. The minimum absolute atomic E-state index is 0.352. The summed E-state index contributed by atoms with van der Waals surface area (Å²) >= 11 is 0. The second kappa shape index (κ2) is 7.94. The van der Waals surface area contributed by atoms with Crippen molar-refractivity contribution in [3.05, 3.63) is 67.3 Å². The summed E-state index contributed by atoms with van der Waals surface area (Å²) in [5.41, 5.74) is 2.27. The van der Waals surface area contributed by atoms with E-state index in [1.165, 1.54) is 6.33 Å². The first-order valence-electron chi connectivity index (χ1n) is 8.48. The van der Waals surface area contributed by atoms with Crippen LogP contribution in [0.4, 0.5) is 0 Å². The van der Waals surface area contributed by atoms with E-state index in [0.29, 0.717) is 18.1 Å². The van der Waals surface area contributed by atoms with Gasteiger partial charge in [-0.2, -0.15) is 5.10 Å². The van der Waals surface area contributed by atoms with Gasteiger partial charge in [0.25, 0.3) is 0 Å². The smallest absolute Gasteiger partial charge is 0.218 e. The molecule has 5 nitrogen and oxygen atoms in total. The Kier molecular flexibility index (Phi) is 5.46. The summed E-state index contributed by atoms with van der Waals surface area (Å²) in [5.74, 6) is 1.04. The molecule has 1 N–H and O–H groups in total. The molecule has 2 unspecified atom stereocenters. The third-order valence-corrected chi connectivity index (χ3v) is 3.96. The Balaban J connectivity index is 1.77. The largest absolute Gasteiger partial charge is 0.466 e. The van der Waals surface area contributed by atoms with Gasteiger partial charge in [0.1, 0.15) is 24.5 Å². The lowest BCUT2D eigenvalue weighted by Crippen LogP contribution is -2.30. The van der Waals surface area contributed by atoms with Crippen LogP contribution in [0.2, 0.25) is 0 Å². The summed E-state index contributed by atoms with van der Waals surface area (Å²) in [5, 5.41) is 14.7. The number of aliphatic hydroxyl groups is 1. The van der Waals surface area contributed by atoms with Crippen LogP contribution < -0.4 is 4.74 Å². The number of rotatable bonds is 7. The molecule has 2 aromatic carbocycles. The zero-order valence-electron chi connectivity index (χ0n) is 14.5. The van der Waals surface area contributed by atoms with E-state index in [1.807, 2.05) is 42.5 Å². The van der Waals surface area contributed by atoms with Crippen LogP contribution in [0, 0.1) is 5.92 Å². The predicted octanol–water partition coefficient (Wildman–Crippen LogP) is 3.93. The predicted molar refractivity (Wildman–Crippen MR) is 97.0 cm³/mol. The molecule has 130 valence electrons. The van der Waals surface area contributed by atoms with Gasteiger partial charge in [0, 0.05) is 0 Å². The molecule has 3 rings (SSSR count). The van der Waals surface area contributed by atoms with Crippen LogP contribution >= 0.6 is 0 Å². The zero-order chi connectivity index (χ0) is 17.6. The Morgan fingerprint density at radius 2 is 1.68 bits per heavy atom. The van der Waals surface area contributed by atoms with Gasteiger partial charge in [0.2, 0.25) is 6.23 Å². The standard InChI is InChI=1S/C20H23N3O2/c1-15(2)12-19(24)20(23-14-21-13-22-23)25-18-10-8-17(9-11-18)16-6-4-3-5-7-16/h3-11,13-15,19-20,24H,12H2,1-2H3. The molecule has 25 heavy (non-hydrogen) atoms. The van der Waals surface area contributed by atoms with Crippen LogP contribution in [0.5, 0.6) is 5.75 Å². The van der Waals surface area contributed by atoms with Crippen molar-refractivity contribution in [1.82, 2.24) is 14.8 Å². The number of nitrogens with zero attached hydrogens (tertiary/aromatic N) is 3. The average Bonchev–Trinajstić information content (AvgIpc) is 3.14. The Labute approximate surface area is 147 Å². The SMILES string of the molecule is CC(C)CC(O)C(Oc1ccc(-c2ccccc2)cc1)n1cncn1. The highest BCUT2D eigenvalue weighted by Gasteiger charge is 2.24. The van der Waals surface area contributed by atoms with E-state index in [0.717, 1.165) is 11.1 Å². The monoisotopic (exact) mass is 337 g/mol. The normalized spacial score (nSPS) is 13.6. The Morgan fingerprint density at radius 3 is 2.28 bits per heavy atom. The molecule has 3 aromatic rings. The Morgan fingerprint density at radius 1 is 1.00 bits per heavy atom. The average molecular weight is 337 g/mol. The molecule has 2 atom stereocenters. The lowest BCUT2D eigenvalue weighted by molar-refractivity contribution is -0.0274. The van der Waals surface area contributed by atoms with Crippen LogP contribution in [0.1, 0.15) is 26.5 Å². The van der Waals surface area contributed by atoms with Gasteiger partial charge in [-0.3, -0.25) is 0 Å². The van der Waals surface area contributed by atoms with Crippen molar-refractivity contribution in [3.8, 4) is 16.9 Å². The third kappa shape index (κ3) is 4.45. The maximum Gasteiger partial charge on any atom is 0.218 e. The zero-order valence-corrected chi connectivity index (χ0v) is 14.5. The highest BCUT2D eigenvalue weighted by molar-refractivity contribution is 5.63. The first-order valence-corrected chi connectivity index (χ1v) is 8.48. The fraction of sp³-hybridized carbons (Fsp3) is 0.300. The molecule has 1 heterocycles. The number of aromatic nitrogens is 3. The van der Waals surface area contributed by atoms with Crippen LogP contribution in [-0.2, 0) is 0 Å². The van der Waals surface area contributed by atoms with Gasteiger partial charge in [0.05, 0.1) is 0 Å². The van der Waals surface area contributed by atoms with E-state index in [9.17, 15) is 5.11 Å². The summed E-state index contributed by atoms with van der Waals surface area (Å²) in [6, 6.07) is 18.0. The number of aliphatic hydroxyl groups excluding tert-OH is 1. The van der Waals surface area contributed by atoms with Gasteiger partial charge in [-0.15, -0.1) is 0 Å². The topological polar surface area (TPSA) is 60.2 Å². The molecule has 0 aliphatic carbocycles. The van der Waals surface area contributed by atoms with Crippen molar-refractivity contribution in [2.24, 2.45) is 5.92 Å². The fourth-order valence-corrected chi connectivity index (χ4v) is 2.75. The van der Waals surface area contributed by atoms with Gasteiger partial charge in [-0.1, -0.05) is 56.3 Å². The molecule has 0 fully saturated rings. The molecule has 0 spiro atoms. The van der Waals surface area contributed by atoms with Gasteiger partial charge in [-0.05, 0) is 35.6 Å². The van der Waals surface area contributed by atoms with Gasteiger partial charge in [-0.25, -0.2) is 9.67 Å². The van der Waals surface area contributed by atoms with Crippen LogP contribution in [0.25, 0.3) is 11.1 Å². The van der Waals surface area contributed by atoms with Crippen LogP contribution in [0.3, 0.4) is 0 Å². The molecule has 0 amide bonds. The van der Waals surface area contributed by atoms with Crippen LogP contribution in [-0.4, -0.2) is 26.0 Å². The minimum atomic E-state index is -0.671. The van der Waals surface area contributed by atoms with Crippen molar-refractivity contribution in [2.45, 2.75) is 32.6 Å². The van der Waals surface area contributed by atoms with Crippen molar-refractivity contribution in [1.29, 1.82) is 0 Å². The van der Waals surface area contributed by atoms with E-state index in [2.05, 4.69) is 36.1 Å². The Hall–Kier alpha value is -2.66. The highest BCUT2D eigenvalue weighted by Crippen LogP contribution is 2.26. The summed E-state index contributed by atoms with van der Waals surface area (Å²) in [7, 11) is 0. The highest BCUT2D eigenvalue weighted by atomic mass is 16.5. The lowest BCUT2D eigenvalue weighted by Gasteiger charge is -2.25. The van der Waals surface area contributed by atoms with Crippen molar-refractivity contribution in [2.75, 3.05) is 0 Å². The quantitative estimate of drug-likeness (QED) is 0.709. The summed E-state index contributed by atoms with van der Waals surface area (Å²) in [6.45, 7) is 4.13. The van der Waals surface area contributed by atoms with Gasteiger partial charge in [0.15, 0.2) is 0 Å². The summed E-state index contributed by atoms with van der Waals surface area (Å²) in [4.78, 5) is 3.96. The van der Waals surface area contributed by atoms with E-state index < -0.39 is 12.3 Å². The van der Waals surface area contributed by atoms with Crippen molar-refractivity contribution < 1.29 is 9.84 Å².